The summed E-state index contributed by atoms with van der Waals surface area (Å²) in [6.07, 6.45) is 0. The highest BCUT2D eigenvalue weighted by Crippen LogP contribution is 2.31. The van der Waals surface area contributed by atoms with Crippen molar-refractivity contribution in [2.75, 3.05) is 10.0 Å². The third-order valence-corrected chi connectivity index (χ3v) is 7.72. The van der Waals surface area contributed by atoms with E-state index in [1.165, 1.54) is 18.2 Å². The molecule has 0 spiro atoms. The van der Waals surface area contributed by atoms with Crippen molar-refractivity contribution in [3.05, 3.63) is 102 Å². The predicted octanol–water partition coefficient (Wildman–Crippen LogP) is 6.52. The van der Waals surface area contributed by atoms with Crippen LogP contribution in [-0.4, -0.2) is 18.9 Å². The topological polar surface area (TPSA) is 80.2 Å². The number of hydrogen-bond donors (Lipinski definition) is 2. The number of fused-ring (bicyclic) bond motifs is 3. The zero-order chi connectivity index (χ0) is 24.6. The number of hydrogen-bond acceptors (Lipinski definition) is 3. The van der Waals surface area contributed by atoms with E-state index in [0.29, 0.717) is 11.4 Å². The molecule has 0 unspecified atom stereocenters. The number of carbonyl (C=O) groups excluding carboxylic acids is 1. The zero-order valence-electron chi connectivity index (χ0n) is 18.8. The van der Waals surface area contributed by atoms with Gasteiger partial charge in [0.05, 0.1) is 5.02 Å². The molecule has 0 radical (unpaired) electrons. The van der Waals surface area contributed by atoms with Gasteiger partial charge in [0.1, 0.15) is 4.90 Å². The Morgan fingerprint density at radius 1 is 0.829 bits per heavy atom. The van der Waals surface area contributed by atoms with Crippen molar-refractivity contribution in [2.45, 2.75) is 18.4 Å². The van der Waals surface area contributed by atoms with Crippen LogP contribution in [0, 0.1) is 0 Å². The van der Waals surface area contributed by atoms with Crippen LogP contribution in [-0.2, 0) is 16.6 Å². The lowest BCUT2D eigenvalue weighted by molar-refractivity contribution is 0.102. The number of halogens is 1. The monoisotopic (exact) mass is 503 g/mol. The molecule has 6 nitrogen and oxygen atoms in total. The number of rotatable bonds is 6. The molecule has 1 amide bonds. The summed E-state index contributed by atoms with van der Waals surface area (Å²) in [5, 5.41) is 5.05. The number of aromatic nitrogens is 1. The summed E-state index contributed by atoms with van der Waals surface area (Å²) in [6, 6.07) is 26.6. The Hall–Kier alpha value is -3.81. The second kappa shape index (κ2) is 9.09. The molecule has 0 aliphatic rings. The third-order valence-electron chi connectivity index (χ3n) is 5.86. The minimum absolute atomic E-state index is 0.0266. The van der Waals surface area contributed by atoms with Crippen LogP contribution in [0.25, 0.3) is 21.8 Å². The van der Waals surface area contributed by atoms with Gasteiger partial charge < -0.3 is 9.88 Å². The summed E-state index contributed by atoms with van der Waals surface area (Å²) in [7, 11) is -3.99. The molecule has 5 rings (SSSR count). The van der Waals surface area contributed by atoms with Gasteiger partial charge in [0, 0.05) is 45.3 Å². The van der Waals surface area contributed by atoms with Gasteiger partial charge in [-0.3, -0.25) is 9.52 Å². The van der Waals surface area contributed by atoms with E-state index in [9.17, 15) is 13.2 Å². The number of amides is 1. The molecule has 0 saturated carbocycles. The standard InChI is InChI=1S/C27H22ClN3O3S/c1-2-31-24-11-7-6-10-21(24)22-17-20(13-15-25(22)31)29-27(32)18-12-14-23(28)26(16-18)35(33,34)30-19-8-4-3-5-9-19/h3-17,30H,2H2,1H3,(H,29,32). The van der Waals surface area contributed by atoms with Crippen molar-refractivity contribution in [1.29, 1.82) is 0 Å². The van der Waals surface area contributed by atoms with E-state index in [2.05, 4.69) is 33.7 Å². The Balaban J connectivity index is 1.46. The molecule has 5 aromatic rings. The highest BCUT2D eigenvalue weighted by molar-refractivity contribution is 7.92. The van der Waals surface area contributed by atoms with E-state index in [-0.39, 0.29) is 15.5 Å². The maximum Gasteiger partial charge on any atom is 0.263 e. The average molecular weight is 504 g/mol. The van der Waals surface area contributed by atoms with E-state index in [0.717, 1.165) is 28.4 Å². The molecule has 0 aliphatic carbocycles. The SMILES string of the molecule is CCn1c2ccccc2c2cc(NC(=O)c3ccc(Cl)c(S(=O)(=O)Nc4ccccc4)c3)ccc21. The van der Waals surface area contributed by atoms with E-state index >= 15 is 0 Å². The quantitative estimate of drug-likeness (QED) is 0.277. The van der Waals surface area contributed by atoms with Gasteiger partial charge in [0.25, 0.3) is 15.9 Å². The van der Waals surface area contributed by atoms with Crippen LogP contribution in [0.1, 0.15) is 17.3 Å². The smallest absolute Gasteiger partial charge is 0.263 e. The Morgan fingerprint density at radius 2 is 1.54 bits per heavy atom. The minimum atomic E-state index is -3.99. The minimum Gasteiger partial charge on any atom is -0.341 e. The molecule has 176 valence electrons. The van der Waals surface area contributed by atoms with Crippen LogP contribution in [0.2, 0.25) is 5.02 Å². The van der Waals surface area contributed by atoms with Gasteiger partial charge in [-0.2, -0.15) is 0 Å². The molecule has 1 aromatic heterocycles. The number of anilines is 2. The second-order valence-electron chi connectivity index (χ2n) is 8.06. The van der Waals surface area contributed by atoms with Gasteiger partial charge in [0.2, 0.25) is 0 Å². The first kappa shape index (κ1) is 23.0. The van der Waals surface area contributed by atoms with E-state index in [1.54, 1.807) is 30.3 Å². The lowest BCUT2D eigenvalue weighted by Gasteiger charge is -2.12. The fourth-order valence-electron chi connectivity index (χ4n) is 4.24. The number of benzene rings is 4. The molecule has 0 saturated heterocycles. The molecule has 0 aliphatic heterocycles. The number of aryl methyl sites for hydroxylation is 1. The number of sulfonamides is 1. The summed E-state index contributed by atoms with van der Waals surface area (Å²) < 4.78 is 30.6. The largest absolute Gasteiger partial charge is 0.341 e. The van der Waals surface area contributed by atoms with Gasteiger partial charge in [-0.05, 0) is 61.5 Å². The Morgan fingerprint density at radius 3 is 2.31 bits per heavy atom. The molecule has 0 bridgehead atoms. The van der Waals surface area contributed by atoms with Crippen LogP contribution >= 0.6 is 11.6 Å². The van der Waals surface area contributed by atoms with E-state index in [4.69, 9.17) is 11.6 Å². The molecule has 0 fully saturated rings. The van der Waals surface area contributed by atoms with Crippen molar-refractivity contribution in [1.82, 2.24) is 4.57 Å². The number of nitrogens with zero attached hydrogens (tertiary/aromatic N) is 1. The normalized spacial score (nSPS) is 11.6. The first-order chi connectivity index (χ1) is 16.9. The fourth-order valence-corrected chi connectivity index (χ4v) is 5.83. The van der Waals surface area contributed by atoms with Gasteiger partial charge in [-0.15, -0.1) is 0 Å². The summed E-state index contributed by atoms with van der Waals surface area (Å²) in [4.78, 5) is 12.9. The highest BCUT2D eigenvalue weighted by atomic mass is 35.5. The first-order valence-electron chi connectivity index (χ1n) is 11.1. The van der Waals surface area contributed by atoms with Crippen LogP contribution in [0.5, 0.6) is 0 Å². The zero-order valence-corrected chi connectivity index (χ0v) is 20.4. The lowest BCUT2D eigenvalue weighted by Crippen LogP contribution is -2.16. The summed E-state index contributed by atoms with van der Waals surface area (Å²) in [5.41, 5.74) is 3.41. The van der Waals surface area contributed by atoms with Gasteiger partial charge in [0.15, 0.2) is 0 Å². The van der Waals surface area contributed by atoms with Crippen molar-refractivity contribution in [3.8, 4) is 0 Å². The third kappa shape index (κ3) is 4.36. The maximum atomic E-state index is 13.0. The summed E-state index contributed by atoms with van der Waals surface area (Å²) in [5.74, 6) is -0.434. The molecule has 35 heavy (non-hydrogen) atoms. The maximum absolute atomic E-state index is 13.0. The van der Waals surface area contributed by atoms with Crippen molar-refractivity contribution >= 4 is 60.7 Å². The molecule has 2 N–H and O–H groups in total. The van der Waals surface area contributed by atoms with E-state index < -0.39 is 15.9 Å². The first-order valence-corrected chi connectivity index (χ1v) is 12.9. The van der Waals surface area contributed by atoms with Crippen molar-refractivity contribution in [2.24, 2.45) is 0 Å². The number of para-hydroxylation sites is 2. The van der Waals surface area contributed by atoms with Gasteiger partial charge in [-0.25, -0.2) is 8.42 Å². The Kier molecular flexibility index (Phi) is 5.96. The van der Waals surface area contributed by atoms with Crippen molar-refractivity contribution < 1.29 is 13.2 Å². The van der Waals surface area contributed by atoms with Crippen LogP contribution in [0.4, 0.5) is 11.4 Å². The Labute approximate surface area is 208 Å². The van der Waals surface area contributed by atoms with Gasteiger partial charge >= 0.3 is 0 Å². The van der Waals surface area contributed by atoms with Crippen LogP contribution in [0.15, 0.2) is 95.9 Å². The van der Waals surface area contributed by atoms with Gasteiger partial charge in [-0.1, -0.05) is 48.0 Å². The van der Waals surface area contributed by atoms with E-state index in [1.807, 2.05) is 30.3 Å². The van der Waals surface area contributed by atoms with Crippen LogP contribution in [0.3, 0.4) is 0 Å². The van der Waals surface area contributed by atoms with Crippen molar-refractivity contribution in [3.63, 3.8) is 0 Å². The molecule has 1 heterocycles. The molecule has 4 aromatic carbocycles. The number of nitrogens with one attached hydrogen (secondary N) is 2. The molecule has 8 heteroatoms. The fraction of sp³-hybridized carbons (Fsp3) is 0.0741. The lowest BCUT2D eigenvalue weighted by atomic mass is 10.1. The summed E-state index contributed by atoms with van der Waals surface area (Å²) >= 11 is 6.20. The summed E-state index contributed by atoms with van der Waals surface area (Å²) in [6.45, 7) is 2.93. The molecule has 0 atom stereocenters. The predicted molar refractivity (Wildman–Crippen MR) is 142 cm³/mol. The average Bonchev–Trinajstić information content (AvgIpc) is 3.17. The number of carbonyl (C=O) groups is 1. The highest BCUT2D eigenvalue weighted by Gasteiger charge is 2.21. The Bertz CT molecular complexity index is 1680. The molecular weight excluding hydrogens is 482 g/mol. The van der Waals surface area contributed by atoms with Crippen LogP contribution < -0.4 is 10.0 Å². The second-order valence-corrected chi connectivity index (χ2v) is 10.1. The molecular formula is C27H22ClN3O3S.